The fraction of sp³-hybridized carbons (Fsp3) is 0.636. The molecule has 1 aromatic rings. The van der Waals surface area contributed by atoms with Crippen molar-refractivity contribution in [2.24, 2.45) is 10.9 Å². The third kappa shape index (κ3) is 5.78. The Bertz CT molecular complexity index is 738. The van der Waals surface area contributed by atoms with Crippen LogP contribution in [0, 0.1) is 12.8 Å². The third-order valence-electron chi connectivity index (χ3n) is 5.83. The second kappa shape index (κ2) is 10.2. The number of carbonyl (C=O) groups excluding carboxylic acids is 1. The lowest BCUT2D eigenvalue weighted by molar-refractivity contribution is -0.129. The minimum absolute atomic E-state index is 0.235. The summed E-state index contributed by atoms with van der Waals surface area (Å²) in [5, 5.41) is 7.67. The van der Waals surface area contributed by atoms with Gasteiger partial charge in [0, 0.05) is 62.4 Å². The molecule has 2 atom stereocenters. The number of benzene rings is 1. The van der Waals surface area contributed by atoms with Crippen LogP contribution >= 0.6 is 11.6 Å². The summed E-state index contributed by atoms with van der Waals surface area (Å²) in [5.41, 5.74) is 2.50. The zero-order valence-corrected chi connectivity index (χ0v) is 18.6. The predicted molar refractivity (Wildman–Crippen MR) is 121 cm³/mol. The normalized spacial score (nSPS) is 22.3. The van der Waals surface area contributed by atoms with E-state index in [2.05, 4.69) is 41.5 Å². The molecule has 0 bridgehead atoms. The first-order valence-corrected chi connectivity index (χ1v) is 11.2. The van der Waals surface area contributed by atoms with Gasteiger partial charge in [-0.05, 0) is 50.3 Å². The van der Waals surface area contributed by atoms with Gasteiger partial charge in [0.2, 0.25) is 5.91 Å². The molecule has 1 aromatic carbocycles. The predicted octanol–water partition coefficient (Wildman–Crippen LogP) is 3.04. The lowest BCUT2D eigenvalue weighted by Crippen LogP contribution is -2.45. The van der Waals surface area contributed by atoms with E-state index in [4.69, 9.17) is 16.6 Å². The van der Waals surface area contributed by atoms with E-state index in [-0.39, 0.29) is 11.9 Å². The molecule has 0 saturated carbocycles. The van der Waals surface area contributed by atoms with Gasteiger partial charge in [-0.2, -0.15) is 0 Å². The van der Waals surface area contributed by atoms with Gasteiger partial charge in [0.25, 0.3) is 0 Å². The molecular formula is C22H34ClN5O. The highest BCUT2D eigenvalue weighted by Gasteiger charge is 2.27. The number of halogens is 1. The van der Waals surface area contributed by atoms with Crippen molar-refractivity contribution in [3.05, 3.63) is 28.8 Å². The Morgan fingerprint density at radius 3 is 2.83 bits per heavy atom. The number of hydrogen-bond acceptors (Lipinski definition) is 3. The van der Waals surface area contributed by atoms with Gasteiger partial charge in [-0.25, -0.2) is 0 Å². The molecule has 2 unspecified atom stereocenters. The average Bonchev–Trinajstić information content (AvgIpc) is 3.37. The Morgan fingerprint density at radius 2 is 2.07 bits per heavy atom. The summed E-state index contributed by atoms with van der Waals surface area (Å²) in [4.78, 5) is 21.1. The topological polar surface area (TPSA) is 60.0 Å². The molecule has 2 N–H and O–H groups in total. The second-order valence-electron chi connectivity index (χ2n) is 8.07. The van der Waals surface area contributed by atoms with Crippen molar-refractivity contribution in [3.8, 4) is 0 Å². The van der Waals surface area contributed by atoms with E-state index in [1.165, 1.54) is 11.3 Å². The molecule has 2 saturated heterocycles. The number of anilines is 1. The summed E-state index contributed by atoms with van der Waals surface area (Å²) in [6.45, 7) is 11.4. The Balaban J connectivity index is 1.54. The van der Waals surface area contributed by atoms with Crippen LogP contribution in [0.15, 0.2) is 23.2 Å². The van der Waals surface area contributed by atoms with Crippen molar-refractivity contribution < 1.29 is 4.79 Å². The van der Waals surface area contributed by atoms with Crippen LogP contribution in [0.3, 0.4) is 0 Å². The van der Waals surface area contributed by atoms with Crippen LogP contribution in [-0.4, -0.2) is 62.1 Å². The molecule has 160 valence electrons. The molecule has 1 amide bonds. The number of nitrogens with one attached hydrogen (secondary N) is 2. The van der Waals surface area contributed by atoms with E-state index in [1.54, 1.807) is 0 Å². The van der Waals surface area contributed by atoms with Gasteiger partial charge in [-0.1, -0.05) is 24.6 Å². The maximum Gasteiger partial charge on any atom is 0.222 e. The summed E-state index contributed by atoms with van der Waals surface area (Å²) in [6.07, 6.45) is 2.68. The fourth-order valence-electron chi connectivity index (χ4n) is 4.19. The molecule has 0 spiro atoms. The Hall–Kier alpha value is -1.95. The molecule has 2 aliphatic rings. The second-order valence-corrected chi connectivity index (χ2v) is 8.51. The maximum absolute atomic E-state index is 11.9. The van der Waals surface area contributed by atoms with Crippen LogP contribution in [0.25, 0.3) is 0 Å². The van der Waals surface area contributed by atoms with Crippen molar-refractivity contribution in [2.45, 2.75) is 46.1 Å². The number of likely N-dealkylation sites (tertiary alicyclic amines) is 1. The van der Waals surface area contributed by atoms with Crippen molar-refractivity contribution in [1.82, 2.24) is 15.5 Å². The highest BCUT2D eigenvalue weighted by atomic mass is 35.5. The Labute approximate surface area is 179 Å². The van der Waals surface area contributed by atoms with E-state index in [9.17, 15) is 4.79 Å². The molecule has 6 nitrogen and oxygen atoms in total. The van der Waals surface area contributed by atoms with Gasteiger partial charge in [0.05, 0.1) is 0 Å². The Morgan fingerprint density at radius 1 is 1.24 bits per heavy atom. The number of rotatable bonds is 6. The van der Waals surface area contributed by atoms with Gasteiger partial charge in [-0.15, -0.1) is 0 Å². The van der Waals surface area contributed by atoms with Gasteiger partial charge >= 0.3 is 0 Å². The van der Waals surface area contributed by atoms with Gasteiger partial charge in [0.15, 0.2) is 5.96 Å². The Kier molecular flexibility index (Phi) is 7.64. The van der Waals surface area contributed by atoms with Crippen LogP contribution in [0.4, 0.5) is 5.69 Å². The highest BCUT2D eigenvalue weighted by molar-refractivity contribution is 6.30. The summed E-state index contributed by atoms with van der Waals surface area (Å²) in [7, 11) is 0. The molecule has 7 heteroatoms. The molecule has 0 radical (unpaired) electrons. The minimum atomic E-state index is 0.235. The number of amides is 1. The number of nitrogens with zero attached hydrogens (tertiary/aromatic N) is 3. The molecule has 3 rings (SSSR count). The lowest BCUT2D eigenvalue weighted by atomic mass is 10.1. The quantitative estimate of drug-likeness (QED) is 0.549. The number of aryl methyl sites for hydroxylation is 1. The first-order chi connectivity index (χ1) is 14.0. The number of hydrogen-bond donors (Lipinski definition) is 2. The van der Waals surface area contributed by atoms with Crippen LogP contribution in [0.5, 0.6) is 0 Å². The third-order valence-corrected chi connectivity index (χ3v) is 6.07. The number of carbonyl (C=O) groups is 1. The van der Waals surface area contributed by atoms with E-state index < -0.39 is 0 Å². The van der Waals surface area contributed by atoms with E-state index in [1.807, 2.05) is 17.9 Å². The molecular weight excluding hydrogens is 386 g/mol. The number of aliphatic imine (C=N–C) groups is 1. The highest BCUT2D eigenvalue weighted by Crippen LogP contribution is 2.29. The van der Waals surface area contributed by atoms with Crippen LogP contribution in [-0.2, 0) is 4.79 Å². The van der Waals surface area contributed by atoms with Crippen molar-refractivity contribution >= 4 is 29.2 Å². The van der Waals surface area contributed by atoms with Gasteiger partial charge in [0.1, 0.15) is 0 Å². The zero-order chi connectivity index (χ0) is 20.8. The molecule has 2 fully saturated rings. The average molecular weight is 420 g/mol. The summed E-state index contributed by atoms with van der Waals surface area (Å²) < 4.78 is 0. The van der Waals surface area contributed by atoms with Gasteiger partial charge in [-0.3, -0.25) is 9.79 Å². The smallest absolute Gasteiger partial charge is 0.222 e. The SMILES string of the molecule is CCNC(=NCC1CCN(c2cc(Cl)ccc2C)C1)NC1CCN(C(=O)CC)C1. The fourth-order valence-corrected chi connectivity index (χ4v) is 4.35. The summed E-state index contributed by atoms with van der Waals surface area (Å²) in [6, 6.07) is 6.38. The maximum atomic E-state index is 11.9. The largest absolute Gasteiger partial charge is 0.371 e. The van der Waals surface area contributed by atoms with Gasteiger partial charge < -0.3 is 20.4 Å². The van der Waals surface area contributed by atoms with Crippen molar-refractivity contribution in [2.75, 3.05) is 44.2 Å². The molecule has 2 aliphatic heterocycles. The van der Waals surface area contributed by atoms with E-state index in [0.717, 1.165) is 63.1 Å². The molecule has 2 heterocycles. The number of guanidine groups is 1. The standard InChI is InChI=1S/C22H34ClN5O/c1-4-21(29)28-11-9-19(15-28)26-22(24-5-2)25-13-17-8-10-27(14-17)20-12-18(23)7-6-16(20)3/h6-7,12,17,19H,4-5,8-11,13-15H2,1-3H3,(H2,24,25,26). The molecule has 0 aromatic heterocycles. The van der Waals surface area contributed by atoms with Crippen LogP contribution < -0.4 is 15.5 Å². The molecule has 0 aliphatic carbocycles. The van der Waals surface area contributed by atoms with E-state index in [0.29, 0.717) is 12.3 Å². The minimum Gasteiger partial charge on any atom is -0.371 e. The monoisotopic (exact) mass is 419 g/mol. The van der Waals surface area contributed by atoms with E-state index >= 15 is 0 Å². The summed E-state index contributed by atoms with van der Waals surface area (Å²) >= 11 is 6.20. The van der Waals surface area contributed by atoms with Crippen molar-refractivity contribution in [1.29, 1.82) is 0 Å². The first-order valence-electron chi connectivity index (χ1n) is 10.8. The lowest BCUT2D eigenvalue weighted by Gasteiger charge is -2.21. The van der Waals surface area contributed by atoms with Crippen molar-refractivity contribution in [3.63, 3.8) is 0 Å². The molecule has 29 heavy (non-hydrogen) atoms. The summed E-state index contributed by atoms with van der Waals surface area (Å²) in [5.74, 6) is 1.63. The first kappa shape index (κ1) is 21.8. The van der Waals surface area contributed by atoms with Crippen LogP contribution in [0.2, 0.25) is 5.02 Å². The zero-order valence-electron chi connectivity index (χ0n) is 17.9. The van der Waals surface area contributed by atoms with Crippen LogP contribution in [0.1, 0.15) is 38.7 Å².